The third-order valence-electron chi connectivity index (χ3n) is 2.41. The summed E-state index contributed by atoms with van der Waals surface area (Å²) in [6.45, 7) is 2.55. The molecule has 1 aromatic carbocycles. The topological polar surface area (TPSA) is 41.1 Å². The Kier molecular flexibility index (Phi) is 5.75. The van der Waals surface area contributed by atoms with Crippen molar-refractivity contribution in [1.82, 2.24) is 10.6 Å². The lowest BCUT2D eigenvalue weighted by atomic mass is 10.1. The number of amides is 1. The molecule has 5 heteroatoms. The molecule has 0 aliphatic heterocycles. The fourth-order valence-corrected chi connectivity index (χ4v) is 2.05. The lowest BCUT2D eigenvalue weighted by Gasteiger charge is -2.15. The van der Waals surface area contributed by atoms with Crippen LogP contribution in [0.15, 0.2) is 18.2 Å². The largest absolute Gasteiger partial charge is 0.349 e. The summed E-state index contributed by atoms with van der Waals surface area (Å²) in [7, 11) is 1.81. The van der Waals surface area contributed by atoms with E-state index in [4.69, 9.17) is 23.2 Å². The van der Waals surface area contributed by atoms with E-state index < -0.39 is 0 Å². The third kappa shape index (κ3) is 4.54. The average molecular weight is 275 g/mol. The molecule has 17 heavy (non-hydrogen) atoms. The van der Waals surface area contributed by atoms with E-state index in [2.05, 4.69) is 10.6 Å². The molecule has 1 unspecified atom stereocenters. The van der Waals surface area contributed by atoms with E-state index in [-0.39, 0.29) is 11.9 Å². The molecule has 3 nitrogen and oxygen atoms in total. The van der Waals surface area contributed by atoms with Gasteiger partial charge >= 0.3 is 0 Å². The molecule has 0 aliphatic carbocycles. The van der Waals surface area contributed by atoms with Crippen LogP contribution in [-0.4, -0.2) is 19.5 Å². The zero-order chi connectivity index (χ0) is 12.8. The molecule has 94 valence electrons. The second kappa shape index (κ2) is 6.84. The van der Waals surface area contributed by atoms with Crippen molar-refractivity contribution in [3.63, 3.8) is 0 Å². The lowest BCUT2D eigenvalue weighted by Crippen LogP contribution is -2.29. The summed E-state index contributed by atoms with van der Waals surface area (Å²) in [6, 6.07) is 5.14. The molecule has 1 atom stereocenters. The molecular formula is C12H16Cl2N2O. The lowest BCUT2D eigenvalue weighted by molar-refractivity contribution is -0.121. The van der Waals surface area contributed by atoms with Gasteiger partial charge in [0.15, 0.2) is 0 Å². The molecule has 1 aromatic rings. The Morgan fingerprint density at radius 3 is 2.71 bits per heavy atom. The Balaban J connectivity index is 2.63. The summed E-state index contributed by atoms with van der Waals surface area (Å²) >= 11 is 11.9. The van der Waals surface area contributed by atoms with Gasteiger partial charge in [-0.3, -0.25) is 4.79 Å². The highest BCUT2D eigenvalue weighted by atomic mass is 35.5. The number of halogens is 2. The molecule has 1 amide bonds. The van der Waals surface area contributed by atoms with Crippen LogP contribution in [0.4, 0.5) is 0 Å². The average Bonchev–Trinajstić information content (AvgIpc) is 2.26. The normalized spacial score (nSPS) is 12.2. The Morgan fingerprint density at radius 2 is 2.12 bits per heavy atom. The first-order valence-electron chi connectivity index (χ1n) is 5.43. The third-order valence-corrected chi connectivity index (χ3v) is 2.97. The number of hydrogen-bond donors (Lipinski definition) is 2. The van der Waals surface area contributed by atoms with Gasteiger partial charge in [0.25, 0.3) is 0 Å². The number of hydrogen-bond acceptors (Lipinski definition) is 2. The van der Waals surface area contributed by atoms with Crippen LogP contribution in [-0.2, 0) is 4.79 Å². The molecule has 0 saturated heterocycles. The maximum absolute atomic E-state index is 11.5. The molecule has 2 N–H and O–H groups in total. The maximum atomic E-state index is 11.5. The van der Waals surface area contributed by atoms with Crippen molar-refractivity contribution in [1.29, 1.82) is 0 Å². The van der Waals surface area contributed by atoms with Crippen LogP contribution in [0, 0.1) is 0 Å². The molecular weight excluding hydrogens is 259 g/mol. The molecule has 0 heterocycles. The Morgan fingerprint density at radius 1 is 1.41 bits per heavy atom. The van der Waals surface area contributed by atoms with E-state index >= 15 is 0 Å². The van der Waals surface area contributed by atoms with E-state index in [1.807, 2.05) is 20.0 Å². The SMILES string of the molecule is CNCCC(=O)NC(C)c1ccc(Cl)cc1Cl. The highest BCUT2D eigenvalue weighted by molar-refractivity contribution is 6.35. The summed E-state index contributed by atoms with van der Waals surface area (Å²) < 4.78 is 0. The summed E-state index contributed by atoms with van der Waals surface area (Å²) in [6.07, 6.45) is 0.450. The van der Waals surface area contributed by atoms with Crippen LogP contribution in [0.2, 0.25) is 10.0 Å². The van der Waals surface area contributed by atoms with Gasteiger partial charge in [-0.05, 0) is 31.7 Å². The molecule has 1 rings (SSSR count). The second-order valence-corrected chi connectivity index (χ2v) is 4.65. The minimum absolute atomic E-state index is 0.00198. The molecule has 0 bridgehead atoms. The fraction of sp³-hybridized carbons (Fsp3) is 0.417. The van der Waals surface area contributed by atoms with Crippen LogP contribution >= 0.6 is 23.2 Å². The van der Waals surface area contributed by atoms with E-state index in [9.17, 15) is 4.79 Å². The van der Waals surface area contributed by atoms with Gasteiger partial charge in [-0.2, -0.15) is 0 Å². The minimum atomic E-state index is -0.121. The van der Waals surface area contributed by atoms with Crippen molar-refractivity contribution in [3.8, 4) is 0 Å². The first-order chi connectivity index (χ1) is 8.04. The molecule has 0 saturated carbocycles. The van der Waals surface area contributed by atoms with E-state index in [0.717, 1.165) is 5.56 Å². The van der Waals surface area contributed by atoms with Gasteiger partial charge in [0.2, 0.25) is 5.91 Å². The number of rotatable bonds is 5. The van der Waals surface area contributed by atoms with Gasteiger partial charge < -0.3 is 10.6 Å². The predicted octanol–water partition coefficient (Wildman–Crippen LogP) is 2.78. The number of carbonyl (C=O) groups is 1. The second-order valence-electron chi connectivity index (χ2n) is 3.81. The Labute approximate surface area is 111 Å². The highest BCUT2D eigenvalue weighted by Gasteiger charge is 2.12. The predicted molar refractivity (Wildman–Crippen MR) is 71.6 cm³/mol. The van der Waals surface area contributed by atoms with Gasteiger partial charge in [0.05, 0.1) is 6.04 Å². The van der Waals surface area contributed by atoms with Gasteiger partial charge in [0, 0.05) is 23.0 Å². The minimum Gasteiger partial charge on any atom is -0.349 e. The monoisotopic (exact) mass is 274 g/mol. The van der Waals surface area contributed by atoms with Crippen LogP contribution < -0.4 is 10.6 Å². The first-order valence-corrected chi connectivity index (χ1v) is 6.19. The summed E-state index contributed by atoms with van der Waals surface area (Å²) in [5.41, 5.74) is 0.869. The molecule has 0 aliphatic rings. The van der Waals surface area contributed by atoms with E-state index in [1.54, 1.807) is 12.1 Å². The quantitative estimate of drug-likeness (QED) is 0.867. The maximum Gasteiger partial charge on any atom is 0.221 e. The zero-order valence-electron chi connectivity index (χ0n) is 9.89. The van der Waals surface area contributed by atoms with Crippen LogP contribution in [0.3, 0.4) is 0 Å². The van der Waals surface area contributed by atoms with Crippen LogP contribution in [0.1, 0.15) is 24.9 Å². The standard InChI is InChI=1S/C12H16Cl2N2O/c1-8(16-12(17)5-6-15-2)10-4-3-9(13)7-11(10)14/h3-4,7-8,15H,5-6H2,1-2H3,(H,16,17). The molecule has 0 fully saturated rings. The number of nitrogens with one attached hydrogen (secondary N) is 2. The van der Waals surface area contributed by atoms with E-state index in [1.165, 1.54) is 0 Å². The van der Waals surface area contributed by atoms with Crippen LogP contribution in [0.5, 0.6) is 0 Å². The van der Waals surface area contributed by atoms with Crippen molar-refractivity contribution in [2.24, 2.45) is 0 Å². The van der Waals surface area contributed by atoms with Crippen molar-refractivity contribution in [2.45, 2.75) is 19.4 Å². The molecule has 0 radical (unpaired) electrons. The van der Waals surface area contributed by atoms with Crippen molar-refractivity contribution >= 4 is 29.1 Å². The Hall–Kier alpha value is -0.770. The number of carbonyl (C=O) groups excluding carboxylic acids is 1. The summed E-state index contributed by atoms with van der Waals surface area (Å²) in [4.78, 5) is 11.5. The Bertz CT molecular complexity index is 396. The molecule has 0 aromatic heterocycles. The number of benzene rings is 1. The summed E-state index contributed by atoms with van der Waals surface area (Å²) in [5.74, 6) is -0.00198. The highest BCUT2D eigenvalue weighted by Crippen LogP contribution is 2.25. The van der Waals surface area contributed by atoms with Crippen molar-refractivity contribution < 1.29 is 4.79 Å². The van der Waals surface area contributed by atoms with Gasteiger partial charge in [-0.25, -0.2) is 0 Å². The van der Waals surface area contributed by atoms with Crippen LogP contribution in [0.25, 0.3) is 0 Å². The van der Waals surface area contributed by atoms with Crippen molar-refractivity contribution in [3.05, 3.63) is 33.8 Å². The smallest absolute Gasteiger partial charge is 0.221 e. The van der Waals surface area contributed by atoms with Gasteiger partial charge in [0.1, 0.15) is 0 Å². The first kappa shape index (κ1) is 14.3. The molecule has 0 spiro atoms. The van der Waals surface area contributed by atoms with Gasteiger partial charge in [-0.1, -0.05) is 29.3 Å². The van der Waals surface area contributed by atoms with E-state index in [0.29, 0.717) is 23.0 Å². The van der Waals surface area contributed by atoms with Crippen molar-refractivity contribution in [2.75, 3.05) is 13.6 Å². The zero-order valence-corrected chi connectivity index (χ0v) is 11.4. The summed E-state index contributed by atoms with van der Waals surface area (Å²) in [5, 5.41) is 6.97. The fourth-order valence-electron chi connectivity index (χ4n) is 1.48. The van der Waals surface area contributed by atoms with Gasteiger partial charge in [-0.15, -0.1) is 0 Å².